The zero-order valence-electron chi connectivity index (χ0n) is 14.0. The molecule has 0 saturated carbocycles. The van der Waals surface area contributed by atoms with Crippen molar-refractivity contribution in [2.45, 2.75) is 19.3 Å². The van der Waals surface area contributed by atoms with Crippen molar-refractivity contribution in [2.75, 3.05) is 12.1 Å². The van der Waals surface area contributed by atoms with Crippen LogP contribution in [0.2, 0.25) is 0 Å². The fraction of sp³-hybridized carbons (Fsp3) is 0.211. The summed E-state index contributed by atoms with van der Waals surface area (Å²) in [6.07, 6.45) is 1.98. The molecule has 7 heteroatoms. The third-order valence-corrected chi connectivity index (χ3v) is 4.89. The highest BCUT2D eigenvalue weighted by atomic mass is 16.7. The number of ether oxygens (including phenoxy) is 2. The van der Waals surface area contributed by atoms with Crippen LogP contribution in [0.15, 0.2) is 41.3 Å². The van der Waals surface area contributed by atoms with Crippen molar-refractivity contribution < 1.29 is 14.3 Å². The summed E-state index contributed by atoms with van der Waals surface area (Å²) >= 11 is 0. The number of rotatable bonds is 1. The standard InChI is InChI=1S/C19H15N3O4/c1-10-3-2-6-22-17(10)21-19(24)16-12(8-15(23)20-18(16)22)11-4-5-13-14(7-11)26-9-25-13/h2-7,12H,8-9H2,1H3,(H,20,23)/t12-/m1/s1. The molecule has 0 bridgehead atoms. The predicted molar refractivity (Wildman–Crippen MR) is 93.9 cm³/mol. The average molecular weight is 349 g/mol. The lowest BCUT2D eigenvalue weighted by Crippen LogP contribution is -2.32. The molecule has 2 aromatic heterocycles. The number of carbonyl (C=O) groups excluding carboxylic acids is 1. The van der Waals surface area contributed by atoms with E-state index in [0.717, 1.165) is 11.1 Å². The van der Waals surface area contributed by atoms with Gasteiger partial charge in [0.1, 0.15) is 11.5 Å². The zero-order valence-corrected chi connectivity index (χ0v) is 14.0. The van der Waals surface area contributed by atoms with Gasteiger partial charge in [-0.15, -0.1) is 0 Å². The molecule has 0 spiro atoms. The van der Waals surface area contributed by atoms with E-state index in [9.17, 15) is 9.59 Å². The summed E-state index contributed by atoms with van der Waals surface area (Å²) in [4.78, 5) is 29.5. The Labute approximate surface area is 148 Å². The van der Waals surface area contributed by atoms with Crippen LogP contribution >= 0.6 is 0 Å². The molecule has 1 amide bonds. The molecule has 4 heterocycles. The maximum absolute atomic E-state index is 12.8. The third kappa shape index (κ3) is 2.10. The largest absolute Gasteiger partial charge is 0.454 e. The molecule has 2 aliphatic heterocycles. The number of amides is 1. The van der Waals surface area contributed by atoms with Gasteiger partial charge in [0.05, 0.1) is 5.56 Å². The monoisotopic (exact) mass is 349 g/mol. The number of pyridine rings is 1. The van der Waals surface area contributed by atoms with Gasteiger partial charge in [-0.3, -0.25) is 14.0 Å². The lowest BCUT2D eigenvalue weighted by Gasteiger charge is -2.26. The number of nitrogens with one attached hydrogen (secondary N) is 1. The summed E-state index contributed by atoms with van der Waals surface area (Å²) in [6.45, 7) is 2.06. The van der Waals surface area contributed by atoms with Gasteiger partial charge in [0.2, 0.25) is 12.7 Å². The van der Waals surface area contributed by atoms with Gasteiger partial charge >= 0.3 is 0 Å². The Kier molecular flexibility index (Phi) is 3.06. The van der Waals surface area contributed by atoms with Gasteiger partial charge < -0.3 is 14.8 Å². The molecule has 1 N–H and O–H groups in total. The van der Waals surface area contributed by atoms with Crippen molar-refractivity contribution in [2.24, 2.45) is 0 Å². The van der Waals surface area contributed by atoms with E-state index in [4.69, 9.17) is 9.47 Å². The van der Waals surface area contributed by atoms with E-state index in [1.807, 2.05) is 31.2 Å². The van der Waals surface area contributed by atoms with Crippen LogP contribution in [-0.2, 0) is 4.79 Å². The smallest absolute Gasteiger partial charge is 0.279 e. The molecule has 0 unspecified atom stereocenters. The SMILES string of the molecule is Cc1cccn2c3c(c(=O)nc12)[C@@H](c1ccc2c(c1)OCO2)CC(=O)N3. The van der Waals surface area contributed by atoms with Crippen molar-refractivity contribution in [1.29, 1.82) is 0 Å². The van der Waals surface area contributed by atoms with Gasteiger partial charge in [-0.25, -0.2) is 0 Å². The van der Waals surface area contributed by atoms with E-state index in [2.05, 4.69) is 10.3 Å². The van der Waals surface area contributed by atoms with Gasteiger partial charge in [0.15, 0.2) is 11.5 Å². The Morgan fingerprint density at radius 1 is 1.19 bits per heavy atom. The highest BCUT2D eigenvalue weighted by Gasteiger charge is 2.32. The molecule has 1 atom stereocenters. The molecule has 130 valence electrons. The van der Waals surface area contributed by atoms with Gasteiger partial charge in [0, 0.05) is 18.5 Å². The number of anilines is 1. The Morgan fingerprint density at radius 2 is 2.04 bits per heavy atom. The summed E-state index contributed by atoms with van der Waals surface area (Å²) in [5.74, 6) is 1.26. The van der Waals surface area contributed by atoms with E-state index in [0.29, 0.717) is 28.5 Å². The summed E-state index contributed by atoms with van der Waals surface area (Å²) in [7, 11) is 0. The van der Waals surface area contributed by atoms with E-state index in [1.54, 1.807) is 16.7 Å². The fourth-order valence-corrected chi connectivity index (χ4v) is 3.65. The van der Waals surface area contributed by atoms with Crippen molar-refractivity contribution in [1.82, 2.24) is 9.38 Å². The lowest BCUT2D eigenvalue weighted by molar-refractivity contribution is -0.116. The Balaban J connectivity index is 1.76. The van der Waals surface area contributed by atoms with Crippen molar-refractivity contribution >= 4 is 17.4 Å². The van der Waals surface area contributed by atoms with Crippen molar-refractivity contribution in [3.05, 3.63) is 63.6 Å². The third-order valence-electron chi connectivity index (χ3n) is 4.89. The molecule has 26 heavy (non-hydrogen) atoms. The predicted octanol–water partition coefficient (Wildman–Crippen LogP) is 2.21. The highest BCUT2D eigenvalue weighted by Crippen LogP contribution is 2.40. The Hall–Kier alpha value is -3.35. The molecule has 0 radical (unpaired) electrons. The summed E-state index contributed by atoms with van der Waals surface area (Å²) in [6, 6.07) is 9.25. The number of carbonyl (C=O) groups is 1. The number of fused-ring (bicyclic) bond motifs is 4. The first-order valence-corrected chi connectivity index (χ1v) is 8.33. The maximum atomic E-state index is 12.8. The topological polar surface area (TPSA) is 81.9 Å². The summed E-state index contributed by atoms with van der Waals surface area (Å²) in [5, 5.41) is 2.85. The van der Waals surface area contributed by atoms with Gasteiger partial charge in [-0.2, -0.15) is 4.98 Å². The van der Waals surface area contributed by atoms with Crippen LogP contribution in [0.4, 0.5) is 5.82 Å². The average Bonchev–Trinajstić information content (AvgIpc) is 3.10. The van der Waals surface area contributed by atoms with Crippen LogP contribution in [0, 0.1) is 6.92 Å². The van der Waals surface area contributed by atoms with Crippen LogP contribution in [0.3, 0.4) is 0 Å². The highest BCUT2D eigenvalue weighted by molar-refractivity contribution is 5.94. The minimum atomic E-state index is -0.384. The number of benzene rings is 1. The lowest BCUT2D eigenvalue weighted by atomic mass is 9.86. The molecular formula is C19H15N3O4. The number of nitrogens with zero attached hydrogens (tertiary/aromatic N) is 2. The van der Waals surface area contributed by atoms with Crippen molar-refractivity contribution in [3.63, 3.8) is 0 Å². The first kappa shape index (κ1) is 14.9. The van der Waals surface area contributed by atoms with Crippen LogP contribution in [-0.4, -0.2) is 22.1 Å². The number of hydrogen-bond acceptors (Lipinski definition) is 5. The number of hydrogen-bond donors (Lipinski definition) is 1. The molecule has 7 nitrogen and oxygen atoms in total. The first-order valence-electron chi connectivity index (χ1n) is 8.33. The number of aryl methyl sites for hydroxylation is 1. The van der Waals surface area contributed by atoms with Gasteiger partial charge in [0.25, 0.3) is 5.56 Å². The minimum Gasteiger partial charge on any atom is -0.454 e. The Bertz CT molecular complexity index is 1140. The molecule has 0 saturated heterocycles. The maximum Gasteiger partial charge on any atom is 0.279 e. The second-order valence-corrected chi connectivity index (χ2v) is 6.48. The molecule has 3 aromatic rings. The fourth-order valence-electron chi connectivity index (χ4n) is 3.65. The van der Waals surface area contributed by atoms with Crippen LogP contribution in [0.25, 0.3) is 5.65 Å². The van der Waals surface area contributed by atoms with E-state index in [1.165, 1.54) is 0 Å². The van der Waals surface area contributed by atoms with Gasteiger partial charge in [-0.1, -0.05) is 12.1 Å². The molecule has 2 aliphatic rings. The molecule has 1 aromatic carbocycles. The van der Waals surface area contributed by atoms with Crippen LogP contribution < -0.4 is 20.3 Å². The summed E-state index contributed by atoms with van der Waals surface area (Å²) in [5.41, 5.74) is 2.41. The normalized spacial score (nSPS) is 17.9. The van der Waals surface area contributed by atoms with E-state index in [-0.39, 0.29) is 30.6 Å². The molecule has 0 fully saturated rings. The second-order valence-electron chi connectivity index (χ2n) is 6.48. The zero-order chi connectivity index (χ0) is 17.8. The van der Waals surface area contributed by atoms with Gasteiger partial charge in [-0.05, 0) is 36.2 Å². The molecular weight excluding hydrogens is 334 g/mol. The number of aromatic nitrogens is 2. The van der Waals surface area contributed by atoms with E-state index < -0.39 is 0 Å². The van der Waals surface area contributed by atoms with Crippen LogP contribution in [0.5, 0.6) is 11.5 Å². The quantitative estimate of drug-likeness (QED) is 0.728. The molecule has 5 rings (SSSR count). The molecule has 0 aliphatic carbocycles. The van der Waals surface area contributed by atoms with Crippen molar-refractivity contribution in [3.8, 4) is 11.5 Å². The second kappa shape index (κ2) is 5.32. The van der Waals surface area contributed by atoms with E-state index >= 15 is 0 Å². The Morgan fingerprint density at radius 3 is 2.92 bits per heavy atom. The summed E-state index contributed by atoms with van der Waals surface area (Å²) < 4.78 is 12.6. The minimum absolute atomic E-state index is 0.138. The first-order chi connectivity index (χ1) is 12.6. The van der Waals surface area contributed by atoms with Crippen LogP contribution in [0.1, 0.15) is 29.0 Å².